The molecule has 0 saturated carbocycles. The minimum absolute atomic E-state index is 0.168. The number of alkyl halides is 3. The Morgan fingerprint density at radius 1 is 1.18 bits per heavy atom. The molecule has 22 heavy (non-hydrogen) atoms. The smallest absolute Gasteiger partial charge is 0.362 e. The van der Waals surface area contributed by atoms with Gasteiger partial charge in [0.25, 0.3) is 5.69 Å². The van der Waals surface area contributed by atoms with Crippen LogP contribution >= 0.6 is 0 Å². The number of anilines is 1. The summed E-state index contributed by atoms with van der Waals surface area (Å²) < 4.78 is 39.4. The van der Waals surface area contributed by atoms with Crippen LogP contribution in [-0.4, -0.2) is 24.0 Å². The SMILES string of the molecule is CN(C)c1ncc(-c2cccc([N+](=O)[O-])c2)cc1C(F)(F)F. The summed E-state index contributed by atoms with van der Waals surface area (Å²) in [6.45, 7) is 0. The maximum atomic E-state index is 13.1. The van der Waals surface area contributed by atoms with E-state index in [1.54, 1.807) is 0 Å². The molecule has 0 saturated heterocycles. The van der Waals surface area contributed by atoms with Gasteiger partial charge >= 0.3 is 6.18 Å². The Balaban J connectivity index is 2.58. The Morgan fingerprint density at radius 3 is 2.41 bits per heavy atom. The highest BCUT2D eigenvalue weighted by Gasteiger charge is 2.35. The highest BCUT2D eigenvalue weighted by Crippen LogP contribution is 2.37. The third-order valence-electron chi connectivity index (χ3n) is 2.99. The Hall–Kier alpha value is -2.64. The Morgan fingerprint density at radius 2 is 1.86 bits per heavy atom. The van der Waals surface area contributed by atoms with Gasteiger partial charge < -0.3 is 4.90 Å². The van der Waals surface area contributed by atoms with Crippen LogP contribution in [0, 0.1) is 10.1 Å². The van der Waals surface area contributed by atoms with E-state index in [0.29, 0.717) is 5.56 Å². The maximum absolute atomic E-state index is 13.1. The molecule has 0 radical (unpaired) electrons. The number of benzene rings is 1. The first-order valence-corrected chi connectivity index (χ1v) is 6.19. The summed E-state index contributed by atoms with van der Waals surface area (Å²) in [5.74, 6) is -0.207. The Bertz CT molecular complexity index is 715. The van der Waals surface area contributed by atoms with Gasteiger partial charge in [0.2, 0.25) is 0 Å². The number of pyridine rings is 1. The van der Waals surface area contributed by atoms with Gasteiger partial charge in [0.05, 0.1) is 10.5 Å². The van der Waals surface area contributed by atoms with Crippen molar-refractivity contribution in [3.8, 4) is 11.1 Å². The summed E-state index contributed by atoms with van der Waals surface area (Å²) >= 11 is 0. The largest absolute Gasteiger partial charge is 0.419 e. The van der Waals surface area contributed by atoms with Crippen LogP contribution in [0.15, 0.2) is 36.5 Å². The summed E-state index contributed by atoms with van der Waals surface area (Å²) in [5, 5.41) is 10.8. The zero-order valence-electron chi connectivity index (χ0n) is 11.8. The summed E-state index contributed by atoms with van der Waals surface area (Å²) in [6.07, 6.45) is -3.30. The molecule has 0 spiro atoms. The fourth-order valence-corrected chi connectivity index (χ4v) is 1.98. The van der Waals surface area contributed by atoms with Crippen molar-refractivity contribution in [2.24, 2.45) is 0 Å². The van der Waals surface area contributed by atoms with Crippen molar-refractivity contribution in [1.29, 1.82) is 0 Å². The minimum Gasteiger partial charge on any atom is -0.362 e. The molecule has 0 aliphatic rings. The lowest BCUT2D eigenvalue weighted by atomic mass is 10.0. The second kappa shape index (κ2) is 5.63. The van der Waals surface area contributed by atoms with Gasteiger partial charge in [-0.25, -0.2) is 4.98 Å². The Kier molecular flexibility index (Phi) is 4.03. The van der Waals surface area contributed by atoms with Crippen molar-refractivity contribution in [3.05, 3.63) is 52.2 Å². The fraction of sp³-hybridized carbons (Fsp3) is 0.214. The average molecular weight is 311 g/mol. The van der Waals surface area contributed by atoms with Crippen LogP contribution in [0.3, 0.4) is 0 Å². The molecule has 116 valence electrons. The van der Waals surface area contributed by atoms with E-state index in [1.165, 1.54) is 49.5 Å². The van der Waals surface area contributed by atoms with Crippen molar-refractivity contribution in [2.45, 2.75) is 6.18 Å². The standard InChI is InChI=1S/C14H12F3N3O2/c1-19(2)13-12(14(15,16)17)7-10(8-18-13)9-4-3-5-11(6-9)20(21)22/h3-8H,1-2H3. The van der Waals surface area contributed by atoms with Gasteiger partial charge in [0, 0.05) is 38.0 Å². The van der Waals surface area contributed by atoms with Gasteiger partial charge in [-0.2, -0.15) is 13.2 Å². The van der Waals surface area contributed by atoms with Crippen LogP contribution in [-0.2, 0) is 6.18 Å². The monoisotopic (exact) mass is 311 g/mol. The first-order chi connectivity index (χ1) is 10.2. The third-order valence-corrected chi connectivity index (χ3v) is 2.99. The number of aromatic nitrogens is 1. The quantitative estimate of drug-likeness (QED) is 0.640. The highest BCUT2D eigenvalue weighted by atomic mass is 19.4. The zero-order chi connectivity index (χ0) is 16.5. The van der Waals surface area contributed by atoms with Gasteiger partial charge in [-0.05, 0) is 11.6 Å². The van der Waals surface area contributed by atoms with Gasteiger partial charge in [-0.1, -0.05) is 12.1 Å². The van der Waals surface area contributed by atoms with E-state index in [-0.39, 0.29) is 17.1 Å². The fourth-order valence-electron chi connectivity index (χ4n) is 1.98. The Labute approximate surface area is 124 Å². The second-order valence-corrected chi connectivity index (χ2v) is 4.79. The maximum Gasteiger partial charge on any atom is 0.419 e. The molecule has 0 unspecified atom stereocenters. The normalized spacial score (nSPS) is 11.3. The van der Waals surface area contributed by atoms with E-state index in [0.717, 1.165) is 6.07 Å². The molecule has 0 aliphatic heterocycles. The molecule has 5 nitrogen and oxygen atoms in total. The third kappa shape index (κ3) is 3.16. The number of rotatable bonds is 3. The van der Waals surface area contributed by atoms with Crippen LogP contribution in [0.5, 0.6) is 0 Å². The summed E-state index contributed by atoms with van der Waals surface area (Å²) in [5.41, 5.74) is -0.608. The number of hydrogen-bond acceptors (Lipinski definition) is 4. The number of nitro benzene ring substituents is 1. The van der Waals surface area contributed by atoms with E-state index in [4.69, 9.17) is 0 Å². The number of halogens is 3. The average Bonchev–Trinajstić information content (AvgIpc) is 2.45. The lowest BCUT2D eigenvalue weighted by Crippen LogP contribution is -2.18. The van der Waals surface area contributed by atoms with E-state index < -0.39 is 16.7 Å². The van der Waals surface area contributed by atoms with Gasteiger partial charge in [0.15, 0.2) is 0 Å². The van der Waals surface area contributed by atoms with Crippen molar-refractivity contribution < 1.29 is 18.1 Å². The van der Waals surface area contributed by atoms with Crippen molar-refractivity contribution in [1.82, 2.24) is 4.98 Å². The van der Waals surface area contributed by atoms with Crippen LogP contribution in [0.25, 0.3) is 11.1 Å². The zero-order valence-corrected chi connectivity index (χ0v) is 11.8. The van der Waals surface area contributed by atoms with Gasteiger partial charge in [-0.15, -0.1) is 0 Å². The molecular weight excluding hydrogens is 299 g/mol. The molecular formula is C14H12F3N3O2. The molecule has 1 heterocycles. The predicted molar refractivity (Wildman–Crippen MR) is 75.7 cm³/mol. The predicted octanol–water partition coefficient (Wildman–Crippen LogP) is 3.74. The molecule has 1 aromatic heterocycles. The van der Waals surface area contributed by atoms with E-state index in [2.05, 4.69) is 4.98 Å². The minimum atomic E-state index is -4.57. The van der Waals surface area contributed by atoms with Crippen LogP contribution in [0.2, 0.25) is 0 Å². The molecule has 0 aliphatic carbocycles. The van der Waals surface area contributed by atoms with Crippen LogP contribution < -0.4 is 4.90 Å². The molecule has 0 atom stereocenters. The topological polar surface area (TPSA) is 59.3 Å². The number of nitro groups is 1. The molecule has 0 fully saturated rings. The van der Waals surface area contributed by atoms with Gasteiger partial charge in [0.1, 0.15) is 5.82 Å². The van der Waals surface area contributed by atoms with Crippen molar-refractivity contribution >= 4 is 11.5 Å². The molecule has 0 amide bonds. The van der Waals surface area contributed by atoms with Crippen molar-refractivity contribution in [2.75, 3.05) is 19.0 Å². The van der Waals surface area contributed by atoms with E-state index in [9.17, 15) is 23.3 Å². The lowest BCUT2D eigenvalue weighted by molar-refractivity contribution is -0.384. The second-order valence-electron chi connectivity index (χ2n) is 4.79. The van der Waals surface area contributed by atoms with Crippen molar-refractivity contribution in [3.63, 3.8) is 0 Å². The molecule has 2 rings (SSSR count). The summed E-state index contributed by atoms with van der Waals surface area (Å²) in [4.78, 5) is 15.3. The molecule has 0 N–H and O–H groups in total. The summed E-state index contributed by atoms with van der Waals surface area (Å²) in [6, 6.07) is 6.35. The molecule has 0 bridgehead atoms. The molecule has 2 aromatic rings. The first kappa shape index (κ1) is 15.7. The first-order valence-electron chi connectivity index (χ1n) is 6.19. The highest BCUT2D eigenvalue weighted by molar-refractivity contribution is 5.68. The van der Waals surface area contributed by atoms with E-state index in [1.807, 2.05) is 0 Å². The lowest BCUT2D eigenvalue weighted by Gasteiger charge is -2.18. The molecule has 1 aromatic carbocycles. The van der Waals surface area contributed by atoms with Crippen LogP contribution in [0.1, 0.15) is 5.56 Å². The number of nitrogens with zero attached hydrogens (tertiary/aromatic N) is 3. The summed E-state index contributed by atoms with van der Waals surface area (Å²) in [7, 11) is 2.93. The van der Waals surface area contributed by atoms with Gasteiger partial charge in [-0.3, -0.25) is 10.1 Å². The molecule has 8 heteroatoms. The number of non-ortho nitro benzene ring substituents is 1. The number of hydrogen-bond donors (Lipinski definition) is 0. The van der Waals surface area contributed by atoms with E-state index >= 15 is 0 Å². The van der Waals surface area contributed by atoms with Crippen LogP contribution in [0.4, 0.5) is 24.7 Å².